The first kappa shape index (κ1) is 13.3. The molecular formula is C11H13ClF3N. The maximum absolute atomic E-state index is 12.3. The third-order valence-corrected chi connectivity index (χ3v) is 2.43. The molecule has 0 saturated carbocycles. The van der Waals surface area contributed by atoms with Crippen LogP contribution in [0.5, 0.6) is 0 Å². The standard InChI is InChI=1S/C11H13ClF3N/c1-7(2)16-6-8-3-4-9(5-10(8)12)11(13,14)15/h3-5,7,16H,6H2,1-2H3. The van der Waals surface area contributed by atoms with Crippen LogP contribution in [0.15, 0.2) is 18.2 Å². The molecule has 0 heterocycles. The summed E-state index contributed by atoms with van der Waals surface area (Å²) < 4.78 is 37.0. The lowest BCUT2D eigenvalue weighted by Crippen LogP contribution is -2.22. The molecule has 0 aliphatic heterocycles. The van der Waals surface area contributed by atoms with Crippen molar-refractivity contribution in [3.63, 3.8) is 0 Å². The molecule has 0 aliphatic rings. The normalized spacial score (nSPS) is 12.2. The topological polar surface area (TPSA) is 12.0 Å². The summed E-state index contributed by atoms with van der Waals surface area (Å²) in [6.07, 6.45) is -4.34. The highest BCUT2D eigenvalue weighted by molar-refractivity contribution is 6.31. The van der Waals surface area contributed by atoms with E-state index in [1.54, 1.807) is 0 Å². The summed E-state index contributed by atoms with van der Waals surface area (Å²) in [4.78, 5) is 0. The Balaban J connectivity index is 2.84. The van der Waals surface area contributed by atoms with Crippen molar-refractivity contribution in [2.24, 2.45) is 0 Å². The zero-order valence-corrected chi connectivity index (χ0v) is 9.78. The smallest absolute Gasteiger partial charge is 0.310 e. The van der Waals surface area contributed by atoms with Gasteiger partial charge in [-0.15, -0.1) is 0 Å². The molecule has 0 fully saturated rings. The maximum Gasteiger partial charge on any atom is 0.416 e. The molecule has 0 atom stereocenters. The number of halogens is 4. The Kier molecular flexibility index (Phi) is 4.21. The van der Waals surface area contributed by atoms with Crippen molar-refractivity contribution in [2.45, 2.75) is 32.6 Å². The van der Waals surface area contributed by atoms with Gasteiger partial charge < -0.3 is 5.32 Å². The Labute approximate surface area is 97.6 Å². The van der Waals surface area contributed by atoms with Crippen molar-refractivity contribution in [3.05, 3.63) is 34.3 Å². The molecule has 0 aliphatic carbocycles. The van der Waals surface area contributed by atoms with Crippen LogP contribution in [-0.4, -0.2) is 6.04 Å². The van der Waals surface area contributed by atoms with Crippen LogP contribution in [0.4, 0.5) is 13.2 Å². The van der Waals surface area contributed by atoms with Crippen LogP contribution in [0.3, 0.4) is 0 Å². The van der Waals surface area contributed by atoms with Gasteiger partial charge in [0, 0.05) is 17.6 Å². The number of hydrogen-bond donors (Lipinski definition) is 1. The Morgan fingerprint density at radius 3 is 2.38 bits per heavy atom. The fraction of sp³-hybridized carbons (Fsp3) is 0.455. The summed E-state index contributed by atoms with van der Waals surface area (Å²) in [5, 5.41) is 3.24. The van der Waals surface area contributed by atoms with Crippen molar-refractivity contribution in [3.8, 4) is 0 Å². The van der Waals surface area contributed by atoms with E-state index in [9.17, 15) is 13.2 Å². The van der Waals surface area contributed by atoms with Gasteiger partial charge in [-0.1, -0.05) is 31.5 Å². The van der Waals surface area contributed by atoms with E-state index in [0.29, 0.717) is 12.1 Å². The largest absolute Gasteiger partial charge is 0.416 e. The molecule has 16 heavy (non-hydrogen) atoms. The van der Waals surface area contributed by atoms with Crippen LogP contribution < -0.4 is 5.32 Å². The molecule has 0 aromatic heterocycles. The predicted molar refractivity (Wildman–Crippen MR) is 58.4 cm³/mol. The Bertz CT molecular complexity index is 361. The number of nitrogens with one attached hydrogen (secondary N) is 1. The Hall–Kier alpha value is -0.740. The summed E-state index contributed by atoms with van der Waals surface area (Å²) in [6, 6.07) is 3.67. The molecular weight excluding hydrogens is 239 g/mol. The summed E-state index contributed by atoms with van der Waals surface area (Å²) in [6.45, 7) is 4.38. The molecule has 0 unspecified atom stereocenters. The molecule has 1 aromatic rings. The average Bonchev–Trinajstić information content (AvgIpc) is 2.14. The monoisotopic (exact) mass is 251 g/mol. The molecule has 0 bridgehead atoms. The van der Waals surface area contributed by atoms with Crippen molar-refractivity contribution in [1.29, 1.82) is 0 Å². The highest BCUT2D eigenvalue weighted by atomic mass is 35.5. The number of hydrogen-bond acceptors (Lipinski definition) is 1. The van der Waals surface area contributed by atoms with E-state index in [0.717, 1.165) is 12.1 Å². The number of benzene rings is 1. The summed E-state index contributed by atoms with van der Waals surface area (Å²) in [5.41, 5.74) is -0.0471. The third-order valence-electron chi connectivity index (χ3n) is 2.08. The minimum atomic E-state index is -4.34. The summed E-state index contributed by atoms with van der Waals surface area (Å²) >= 11 is 5.78. The van der Waals surface area contributed by atoms with Crippen LogP contribution in [0, 0.1) is 0 Å². The molecule has 1 aromatic carbocycles. The fourth-order valence-corrected chi connectivity index (χ4v) is 1.43. The lowest BCUT2D eigenvalue weighted by molar-refractivity contribution is -0.137. The molecule has 5 heteroatoms. The molecule has 1 rings (SSSR count). The van der Waals surface area contributed by atoms with Crippen molar-refractivity contribution in [1.82, 2.24) is 5.32 Å². The Morgan fingerprint density at radius 2 is 1.94 bits per heavy atom. The highest BCUT2D eigenvalue weighted by Gasteiger charge is 2.30. The molecule has 0 amide bonds. The van der Waals surface area contributed by atoms with Gasteiger partial charge in [0.2, 0.25) is 0 Å². The number of rotatable bonds is 3. The SMILES string of the molecule is CC(C)NCc1ccc(C(F)(F)F)cc1Cl. The quantitative estimate of drug-likeness (QED) is 0.860. The minimum absolute atomic E-state index is 0.142. The predicted octanol–water partition coefficient (Wildman–Crippen LogP) is 3.86. The first-order valence-electron chi connectivity index (χ1n) is 4.89. The highest BCUT2D eigenvalue weighted by Crippen LogP contribution is 2.31. The maximum atomic E-state index is 12.3. The van der Waals surface area contributed by atoms with Crippen LogP contribution in [0.2, 0.25) is 5.02 Å². The first-order valence-corrected chi connectivity index (χ1v) is 5.27. The lowest BCUT2D eigenvalue weighted by atomic mass is 10.1. The van der Waals surface area contributed by atoms with E-state index in [1.165, 1.54) is 6.07 Å². The summed E-state index contributed by atoms with van der Waals surface area (Å²) in [5.74, 6) is 0. The van der Waals surface area contributed by atoms with Gasteiger partial charge in [0.05, 0.1) is 5.56 Å². The van der Waals surface area contributed by atoms with Crippen LogP contribution >= 0.6 is 11.6 Å². The van der Waals surface area contributed by atoms with E-state index in [2.05, 4.69) is 5.32 Å². The first-order chi connectivity index (χ1) is 7.30. The number of alkyl halides is 3. The van der Waals surface area contributed by atoms with Crippen LogP contribution in [-0.2, 0) is 12.7 Å². The zero-order chi connectivity index (χ0) is 12.3. The van der Waals surface area contributed by atoms with Gasteiger partial charge in [-0.2, -0.15) is 13.2 Å². The average molecular weight is 252 g/mol. The van der Waals surface area contributed by atoms with E-state index < -0.39 is 11.7 Å². The van der Waals surface area contributed by atoms with Gasteiger partial charge in [-0.25, -0.2) is 0 Å². The van der Waals surface area contributed by atoms with E-state index in [4.69, 9.17) is 11.6 Å². The molecule has 1 N–H and O–H groups in total. The van der Waals surface area contributed by atoms with E-state index in [1.807, 2.05) is 13.8 Å². The second kappa shape index (κ2) is 5.06. The summed E-state index contributed by atoms with van der Waals surface area (Å²) in [7, 11) is 0. The minimum Gasteiger partial charge on any atom is -0.310 e. The fourth-order valence-electron chi connectivity index (χ4n) is 1.18. The molecule has 0 spiro atoms. The lowest BCUT2D eigenvalue weighted by Gasteiger charge is -2.12. The third kappa shape index (κ3) is 3.68. The van der Waals surface area contributed by atoms with E-state index >= 15 is 0 Å². The van der Waals surface area contributed by atoms with Gasteiger partial charge in [0.15, 0.2) is 0 Å². The van der Waals surface area contributed by atoms with Crippen LogP contribution in [0.1, 0.15) is 25.0 Å². The van der Waals surface area contributed by atoms with Crippen molar-refractivity contribution < 1.29 is 13.2 Å². The van der Waals surface area contributed by atoms with Gasteiger partial charge >= 0.3 is 6.18 Å². The second-order valence-electron chi connectivity index (χ2n) is 3.84. The van der Waals surface area contributed by atoms with Gasteiger partial charge in [-0.05, 0) is 17.7 Å². The Morgan fingerprint density at radius 1 is 1.31 bits per heavy atom. The second-order valence-corrected chi connectivity index (χ2v) is 4.25. The van der Waals surface area contributed by atoms with Gasteiger partial charge in [0.1, 0.15) is 0 Å². The molecule has 90 valence electrons. The zero-order valence-electron chi connectivity index (χ0n) is 9.03. The molecule has 0 radical (unpaired) electrons. The molecule has 1 nitrogen and oxygen atoms in total. The van der Waals surface area contributed by atoms with Gasteiger partial charge in [0.25, 0.3) is 0 Å². The van der Waals surface area contributed by atoms with Crippen molar-refractivity contribution in [2.75, 3.05) is 0 Å². The van der Waals surface area contributed by atoms with Crippen LogP contribution in [0.25, 0.3) is 0 Å². The van der Waals surface area contributed by atoms with Gasteiger partial charge in [-0.3, -0.25) is 0 Å². The van der Waals surface area contributed by atoms with Crippen molar-refractivity contribution >= 4 is 11.6 Å². The van der Waals surface area contributed by atoms with E-state index in [-0.39, 0.29) is 11.1 Å². The molecule has 0 saturated heterocycles.